The Bertz CT molecular complexity index is 1170. The molecule has 0 spiro atoms. The van der Waals surface area contributed by atoms with E-state index in [0.29, 0.717) is 12.8 Å². The highest BCUT2D eigenvalue weighted by Gasteiger charge is 2.52. The first kappa shape index (κ1) is 26.9. The molecule has 0 saturated carbocycles. The third-order valence-corrected chi connectivity index (χ3v) is 8.83. The van der Waals surface area contributed by atoms with Gasteiger partial charge in [0, 0.05) is 18.3 Å². The molecule has 0 radical (unpaired) electrons. The SMILES string of the molecule is Cc1nc2cc([C@@H]3CC4OC4(C)C/C=C/[C@H](C)[C@H](O)[C@@H](C)C(=O)C(C)(C)[C@@H](O)CC(=O)O3)ccc2s1. The number of carbonyl (C=O) groups excluding carboxylic acids is 2. The molecule has 3 heterocycles. The number of epoxide rings is 1. The van der Waals surface area contributed by atoms with E-state index in [1.165, 1.54) is 0 Å². The number of aromatic nitrogens is 1. The minimum absolute atomic E-state index is 0.109. The first-order chi connectivity index (χ1) is 16.8. The number of benzene rings is 1. The Hall–Kier alpha value is -2.13. The van der Waals surface area contributed by atoms with Crippen LogP contribution in [0.4, 0.5) is 0 Å². The molecule has 36 heavy (non-hydrogen) atoms. The number of hydrogen-bond donors (Lipinski definition) is 2. The maximum atomic E-state index is 13.2. The van der Waals surface area contributed by atoms with Crippen LogP contribution in [-0.2, 0) is 19.1 Å². The van der Waals surface area contributed by atoms with Gasteiger partial charge in [0.15, 0.2) is 0 Å². The van der Waals surface area contributed by atoms with Gasteiger partial charge in [-0.3, -0.25) is 9.59 Å². The molecule has 2 aromatic rings. The Balaban J connectivity index is 1.65. The number of nitrogens with zero attached hydrogens (tertiary/aromatic N) is 1. The molecular formula is C28H37NO6S. The predicted molar refractivity (Wildman–Crippen MR) is 139 cm³/mol. The summed E-state index contributed by atoms with van der Waals surface area (Å²) >= 11 is 1.61. The Labute approximate surface area is 216 Å². The smallest absolute Gasteiger partial charge is 0.309 e. The Morgan fingerprint density at radius 1 is 1.14 bits per heavy atom. The number of hydrogen-bond acceptors (Lipinski definition) is 8. The van der Waals surface area contributed by atoms with E-state index < -0.39 is 41.2 Å². The molecular weight excluding hydrogens is 478 g/mol. The average Bonchev–Trinajstić information content (AvgIpc) is 3.28. The third-order valence-electron chi connectivity index (χ3n) is 7.88. The number of fused-ring (bicyclic) bond motifs is 2. The van der Waals surface area contributed by atoms with E-state index in [4.69, 9.17) is 9.47 Å². The molecule has 0 bridgehead atoms. The zero-order valence-corrected chi connectivity index (χ0v) is 22.7. The molecule has 196 valence electrons. The topological polar surface area (TPSA) is 109 Å². The number of aliphatic hydroxyl groups is 2. The predicted octanol–water partition coefficient (Wildman–Crippen LogP) is 4.68. The van der Waals surface area contributed by atoms with Gasteiger partial charge in [-0.25, -0.2) is 4.98 Å². The lowest BCUT2D eigenvalue weighted by molar-refractivity contribution is -0.156. The number of ether oxygens (including phenoxy) is 2. The Morgan fingerprint density at radius 3 is 2.58 bits per heavy atom. The summed E-state index contributed by atoms with van der Waals surface area (Å²) in [6.07, 6.45) is 1.86. The first-order valence-corrected chi connectivity index (χ1v) is 13.4. The summed E-state index contributed by atoms with van der Waals surface area (Å²) in [5, 5.41) is 22.7. The number of aliphatic hydroxyl groups excluding tert-OH is 2. The highest BCUT2D eigenvalue weighted by molar-refractivity contribution is 7.18. The maximum Gasteiger partial charge on any atom is 0.309 e. The fourth-order valence-corrected chi connectivity index (χ4v) is 5.89. The van der Waals surface area contributed by atoms with Crippen molar-refractivity contribution < 1.29 is 29.3 Å². The number of ketones is 1. The van der Waals surface area contributed by atoms with Gasteiger partial charge in [-0.05, 0) is 38.0 Å². The van der Waals surface area contributed by atoms with E-state index in [0.717, 1.165) is 20.8 Å². The van der Waals surface area contributed by atoms with E-state index >= 15 is 0 Å². The van der Waals surface area contributed by atoms with Crippen molar-refractivity contribution in [2.24, 2.45) is 17.3 Å². The standard InChI is InChI=1S/C28H37NO6S/c1-15-8-7-11-28(6)23(35-28)13-20(18-9-10-21-19(12-18)29-17(3)36-21)34-24(31)14-22(30)27(4,5)26(33)16(2)25(15)32/h7-10,12,15-16,20,22-23,25,30,32H,11,13-14H2,1-6H3/b8-7+/t15-,16+,20-,22-,23?,25-,28?/m0/s1. The normalized spacial score (nSPS) is 36.8. The lowest BCUT2D eigenvalue weighted by Gasteiger charge is -2.34. The third kappa shape index (κ3) is 5.42. The Kier molecular flexibility index (Phi) is 7.45. The van der Waals surface area contributed by atoms with Gasteiger partial charge in [-0.2, -0.15) is 0 Å². The van der Waals surface area contributed by atoms with E-state index in [9.17, 15) is 19.8 Å². The van der Waals surface area contributed by atoms with Gasteiger partial charge in [0.2, 0.25) is 0 Å². The van der Waals surface area contributed by atoms with Gasteiger partial charge in [-0.15, -0.1) is 11.3 Å². The monoisotopic (exact) mass is 515 g/mol. The maximum absolute atomic E-state index is 13.2. The van der Waals surface area contributed by atoms with Gasteiger partial charge in [0.05, 0.1) is 51.0 Å². The largest absolute Gasteiger partial charge is 0.457 e. The number of carbonyl (C=O) groups is 2. The second-order valence-corrected chi connectivity index (χ2v) is 12.4. The Morgan fingerprint density at radius 2 is 1.86 bits per heavy atom. The van der Waals surface area contributed by atoms with Crippen LogP contribution in [0.15, 0.2) is 30.4 Å². The molecule has 8 heteroatoms. The molecule has 7 nitrogen and oxygen atoms in total. The minimum atomic E-state index is -1.25. The number of rotatable bonds is 1. The fraction of sp³-hybridized carbons (Fsp3) is 0.607. The fourth-order valence-electron chi connectivity index (χ4n) is 5.09. The molecule has 7 atom stereocenters. The van der Waals surface area contributed by atoms with Crippen molar-refractivity contribution in [1.29, 1.82) is 0 Å². The van der Waals surface area contributed by atoms with Gasteiger partial charge in [-0.1, -0.05) is 45.9 Å². The zero-order valence-electron chi connectivity index (χ0n) is 21.9. The summed E-state index contributed by atoms with van der Waals surface area (Å²) in [4.78, 5) is 30.8. The van der Waals surface area contributed by atoms with Gasteiger partial charge < -0.3 is 19.7 Å². The van der Waals surface area contributed by atoms with Gasteiger partial charge in [0.1, 0.15) is 11.9 Å². The van der Waals surface area contributed by atoms with Crippen LogP contribution in [0.3, 0.4) is 0 Å². The molecule has 2 aliphatic rings. The molecule has 0 aliphatic carbocycles. The highest BCUT2D eigenvalue weighted by Crippen LogP contribution is 2.46. The number of cyclic esters (lactones) is 1. The number of esters is 1. The van der Waals surface area contributed by atoms with Crippen molar-refractivity contribution in [3.05, 3.63) is 40.9 Å². The molecule has 1 fully saturated rings. The number of Topliss-reactive ketones (excluding diaryl/α,β-unsaturated/α-hetero) is 1. The summed E-state index contributed by atoms with van der Waals surface area (Å²) in [6, 6.07) is 5.89. The first-order valence-electron chi connectivity index (χ1n) is 12.6. The second-order valence-electron chi connectivity index (χ2n) is 11.2. The average molecular weight is 516 g/mol. The highest BCUT2D eigenvalue weighted by atomic mass is 32.1. The van der Waals surface area contributed by atoms with Crippen LogP contribution >= 0.6 is 11.3 Å². The second kappa shape index (κ2) is 9.97. The molecule has 2 unspecified atom stereocenters. The summed E-state index contributed by atoms with van der Waals surface area (Å²) in [5.74, 6) is -1.84. The van der Waals surface area contributed by atoms with Crippen LogP contribution in [-0.4, -0.2) is 50.9 Å². The van der Waals surface area contributed by atoms with Crippen molar-refractivity contribution in [3.8, 4) is 0 Å². The molecule has 1 aromatic heterocycles. The van der Waals surface area contributed by atoms with E-state index in [1.807, 2.05) is 51.1 Å². The van der Waals surface area contributed by atoms with Crippen LogP contribution in [0.2, 0.25) is 0 Å². The lowest BCUT2D eigenvalue weighted by Crippen LogP contribution is -2.45. The van der Waals surface area contributed by atoms with Crippen molar-refractivity contribution in [1.82, 2.24) is 4.98 Å². The molecule has 1 aromatic carbocycles. The quantitative estimate of drug-likeness (QED) is 0.322. The number of aryl methyl sites for hydroxylation is 1. The van der Waals surface area contributed by atoms with E-state index in [1.54, 1.807) is 32.1 Å². The molecule has 0 amide bonds. The van der Waals surface area contributed by atoms with Crippen LogP contribution in [0.5, 0.6) is 0 Å². The van der Waals surface area contributed by atoms with Crippen LogP contribution in [0, 0.1) is 24.2 Å². The minimum Gasteiger partial charge on any atom is -0.457 e. The van der Waals surface area contributed by atoms with Gasteiger partial charge >= 0.3 is 5.97 Å². The van der Waals surface area contributed by atoms with Crippen molar-refractivity contribution in [2.45, 2.75) is 90.8 Å². The van der Waals surface area contributed by atoms with Crippen LogP contribution in [0.1, 0.15) is 70.6 Å². The summed E-state index contributed by atoms with van der Waals surface area (Å²) < 4.78 is 13.0. The molecule has 4 rings (SSSR count). The van der Waals surface area contributed by atoms with Crippen molar-refractivity contribution in [3.63, 3.8) is 0 Å². The van der Waals surface area contributed by atoms with Crippen LogP contribution in [0.25, 0.3) is 10.2 Å². The van der Waals surface area contributed by atoms with E-state index in [-0.39, 0.29) is 24.2 Å². The van der Waals surface area contributed by atoms with Crippen molar-refractivity contribution in [2.75, 3.05) is 0 Å². The summed E-state index contributed by atoms with van der Waals surface area (Å²) in [7, 11) is 0. The van der Waals surface area contributed by atoms with Gasteiger partial charge in [0.25, 0.3) is 0 Å². The number of thiazole rings is 1. The van der Waals surface area contributed by atoms with Crippen molar-refractivity contribution >= 4 is 33.3 Å². The van der Waals surface area contributed by atoms with E-state index in [2.05, 4.69) is 4.98 Å². The lowest BCUT2D eigenvalue weighted by atomic mass is 9.73. The zero-order chi connectivity index (χ0) is 26.4. The summed E-state index contributed by atoms with van der Waals surface area (Å²) in [5.41, 5.74) is 0.0531. The van der Waals surface area contributed by atoms with Crippen LogP contribution < -0.4 is 0 Å². The molecule has 1 saturated heterocycles. The molecule has 2 N–H and O–H groups in total. The molecule has 2 aliphatic heterocycles. The summed E-state index contributed by atoms with van der Waals surface area (Å²) in [6.45, 7) is 10.7.